The summed E-state index contributed by atoms with van der Waals surface area (Å²) in [5.41, 5.74) is 4.94. The number of unbranched alkanes of at least 4 members (excludes halogenated alkanes) is 2. The van der Waals surface area contributed by atoms with E-state index in [0.29, 0.717) is 18.6 Å². The van der Waals surface area contributed by atoms with Gasteiger partial charge in [-0.05, 0) is 42.9 Å². The van der Waals surface area contributed by atoms with Crippen molar-refractivity contribution in [2.45, 2.75) is 65.7 Å². The van der Waals surface area contributed by atoms with Gasteiger partial charge in [0.05, 0.1) is 12.2 Å². The number of carbonyl (C=O) groups excluding carboxylic acids is 2. The van der Waals surface area contributed by atoms with Gasteiger partial charge in [-0.15, -0.1) is 0 Å². The van der Waals surface area contributed by atoms with E-state index in [-0.39, 0.29) is 17.2 Å². The van der Waals surface area contributed by atoms with E-state index in [1.807, 2.05) is 50.2 Å². The van der Waals surface area contributed by atoms with Crippen LogP contribution in [0.4, 0.5) is 5.69 Å². The number of hydrogen-bond acceptors (Lipinski definition) is 5. The van der Waals surface area contributed by atoms with Gasteiger partial charge in [0, 0.05) is 49.1 Å². The Bertz CT molecular complexity index is 907. The molecule has 168 valence electrons. The minimum Gasteiger partial charge on any atom is -0.462 e. The second kappa shape index (κ2) is 9.29. The average Bonchev–Trinajstić information content (AvgIpc) is 2.69. The SMILES string of the molecule is CCCCCOC(=O)C1=C(C)NC2=C(C(=O)CC(C)(C)C2)[C@H]1c1ccc(N(C)C)cc1. The normalized spacial score (nSPS) is 20.3. The maximum absolute atomic E-state index is 13.3. The van der Waals surface area contributed by atoms with Crippen LogP contribution in [0.25, 0.3) is 0 Å². The van der Waals surface area contributed by atoms with Crippen molar-refractivity contribution in [1.29, 1.82) is 0 Å². The lowest BCUT2D eigenvalue weighted by Gasteiger charge is -2.39. The molecule has 0 saturated heterocycles. The van der Waals surface area contributed by atoms with E-state index in [2.05, 4.69) is 26.1 Å². The van der Waals surface area contributed by atoms with Crippen LogP contribution in [-0.4, -0.2) is 32.5 Å². The largest absolute Gasteiger partial charge is 0.462 e. The van der Waals surface area contributed by atoms with Gasteiger partial charge < -0.3 is 15.0 Å². The molecule has 0 bridgehead atoms. The number of esters is 1. The Balaban J connectivity index is 2.02. The van der Waals surface area contributed by atoms with E-state index < -0.39 is 5.92 Å². The van der Waals surface area contributed by atoms with Gasteiger partial charge in [0.15, 0.2) is 5.78 Å². The van der Waals surface area contributed by atoms with Gasteiger partial charge in [-0.3, -0.25) is 4.79 Å². The van der Waals surface area contributed by atoms with E-state index in [4.69, 9.17) is 4.74 Å². The summed E-state index contributed by atoms with van der Waals surface area (Å²) in [6, 6.07) is 8.13. The molecule has 5 nitrogen and oxygen atoms in total. The number of hydrogen-bond donors (Lipinski definition) is 1. The summed E-state index contributed by atoms with van der Waals surface area (Å²) in [5, 5.41) is 3.40. The van der Waals surface area contributed by atoms with Crippen LogP contribution in [0.15, 0.2) is 46.8 Å². The van der Waals surface area contributed by atoms with Crippen molar-refractivity contribution in [2.24, 2.45) is 5.41 Å². The Labute approximate surface area is 186 Å². The molecule has 0 radical (unpaired) electrons. The fraction of sp³-hybridized carbons (Fsp3) is 0.538. The molecule has 1 aliphatic heterocycles. The first-order valence-corrected chi connectivity index (χ1v) is 11.3. The smallest absolute Gasteiger partial charge is 0.336 e. The van der Waals surface area contributed by atoms with Crippen LogP contribution >= 0.6 is 0 Å². The molecule has 1 N–H and O–H groups in total. The number of Topliss-reactive ketones (excluding diaryl/α,β-unsaturated/α-hetero) is 1. The molecular formula is C26H36N2O3. The molecule has 0 aromatic heterocycles. The van der Waals surface area contributed by atoms with Crippen molar-refractivity contribution in [1.82, 2.24) is 5.32 Å². The number of benzene rings is 1. The van der Waals surface area contributed by atoms with Crippen LogP contribution in [0.1, 0.15) is 71.3 Å². The van der Waals surface area contributed by atoms with E-state index in [0.717, 1.165) is 53.9 Å². The van der Waals surface area contributed by atoms with Gasteiger partial charge >= 0.3 is 5.97 Å². The first-order chi connectivity index (χ1) is 14.6. The predicted molar refractivity (Wildman–Crippen MR) is 125 cm³/mol. The molecule has 0 spiro atoms. The van der Waals surface area contributed by atoms with Gasteiger partial charge in [0.1, 0.15) is 0 Å². The zero-order valence-electron chi connectivity index (χ0n) is 19.8. The Kier molecular flexibility index (Phi) is 6.93. The Hall–Kier alpha value is -2.56. The third kappa shape index (κ3) is 5.03. The number of nitrogens with zero attached hydrogens (tertiary/aromatic N) is 1. The molecule has 1 aliphatic carbocycles. The number of anilines is 1. The second-order valence-corrected chi connectivity index (χ2v) is 9.76. The average molecular weight is 425 g/mol. The predicted octanol–water partition coefficient (Wildman–Crippen LogP) is 5.09. The van der Waals surface area contributed by atoms with Crippen LogP contribution in [0, 0.1) is 5.41 Å². The molecule has 0 fully saturated rings. The Morgan fingerprint density at radius 3 is 2.45 bits per heavy atom. The highest BCUT2D eigenvalue weighted by Gasteiger charge is 2.43. The van der Waals surface area contributed by atoms with Crippen molar-refractivity contribution < 1.29 is 14.3 Å². The third-order valence-electron chi connectivity index (χ3n) is 6.18. The second-order valence-electron chi connectivity index (χ2n) is 9.76. The summed E-state index contributed by atoms with van der Waals surface area (Å²) in [4.78, 5) is 28.5. The molecule has 3 rings (SSSR count). The molecule has 31 heavy (non-hydrogen) atoms. The lowest BCUT2D eigenvalue weighted by Crippen LogP contribution is -2.38. The summed E-state index contributed by atoms with van der Waals surface area (Å²) in [7, 11) is 3.99. The van der Waals surface area contributed by atoms with E-state index >= 15 is 0 Å². The summed E-state index contributed by atoms with van der Waals surface area (Å²) in [5.74, 6) is -0.606. The Morgan fingerprint density at radius 1 is 1.16 bits per heavy atom. The lowest BCUT2D eigenvalue weighted by atomic mass is 9.68. The van der Waals surface area contributed by atoms with Crippen molar-refractivity contribution >= 4 is 17.4 Å². The van der Waals surface area contributed by atoms with Gasteiger partial charge in [-0.25, -0.2) is 4.79 Å². The maximum Gasteiger partial charge on any atom is 0.336 e. The monoisotopic (exact) mass is 424 g/mol. The number of ketones is 1. The molecule has 1 aromatic carbocycles. The molecular weight excluding hydrogens is 388 g/mol. The van der Waals surface area contributed by atoms with Crippen molar-refractivity contribution in [2.75, 3.05) is 25.6 Å². The summed E-state index contributed by atoms with van der Waals surface area (Å²) in [6.45, 7) is 8.68. The Morgan fingerprint density at radius 2 is 1.84 bits per heavy atom. The topological polar surface area (TPSA) is 58.6 Å². The van der Waals surface area contributed by atoms with E-state index in [1.54, 1.807) is 0 Å². The minimum absolute atomic E-state index is 0.0965. The summed E-state index contributed by atoms with van der Waals surface area (Å²) in [6.07, 6.45) is 4.23. The molecule has 5 heteroatoms. The summed E-state index contributed by atoms with van der Waals surface area (Å²) >= 11 is 0. The summed E-state index contributed by atoms with van der Waals surface area (Å²) < 4.78 is 5.64. The van der Waals surface area contributed by atoms with Crippen LogP contribution in [-0.2, 0) is 14.3 Å². The van der Waals surface area contributed by atoms with Crippen molar-refractivity contribution in [3.05, 3.63) is 52.4 Å². The number of rotatable bonds is 7. The van der Waals surface area contributed by atoms with E-state index in [1.165, 1.54) is 0 Å². The molecule has 1 atom stereocenters. The van der Waals surface area contributed by atoms with Crippen LogP contribution < -0.4 is 10.2 Å². The third-order valence-corrected chi connectivity index (χ3v) is 6.18. The van der Waals surface area contributed by atoms with Gasteiger partial charge in [0.25, 0.3) is 0 Å². The van der Waals surface area contributed by atoms with Gasteiger partial charge in [0.2, 0.25) is 0 Å². The first kappa shape index (κ1) is 23.1. The molecule has 1 aromatic rings. The zero-order valence-corrected chi connectivity index (χ0v) is 19.8. The van der Waals surface area contributed by atoms with Crippen LogP contribution in [0.3, 0.4) is 0 Å². The van der Waals surface area contributed by atoms with Gasteiger partial charge in [-0.2, -0.15) is 0 Å². The highest BCUT2D eigenvalue weighted by molar-refractivity contribution is 6.04. The highest BCUT2D eigenvalue weighted by atomic mass is 16.5. The van der Waals surface area contributed by atoms with E-state index in [9.17, 15) is 9.59 Å². The number of ether oxygens (including phenoxy) is 1. The van der Waals surface area contributed by atoms with Crippen molar-refractivity contribution in [3.8, 4) is 0 Å². The number of nitrogens with one attached hydrogen (secondary N) is 1. The molecule has 2 aliphatic rings. The molecule has 1 heterocycles. The number of allylic oxidation sites excluding steroid dienone is 3. The molecule has 0 amide bonds. The lowest BCUT2D eigenvalue weighted by molar-refractivity contribution is -0.139. The van der Waals surface area contributed by atoms with Gasteiger partial charge in [-0.1, -0.05) is 45.7 Å². The van der Waals surface area contributed by atoms with Crippen molar-refractivity contribution in [3.63, 3.8) is 0 Å². The maximum atomic E-state index is 13.3. The quantitative estimate of drug-likeness (QED) is 0.488. The molecule has 0 unspecified atom stereocenters. The first-order valence-electron chi connectivity index (χ1n) is 11.3. The molecule has 0 saturated carbocycles. The fourth-order valence-electron chi connectivity index (χ4n) is 4.60. The standard InChI is InChI=1S/C26H36N2O3/c1-7-8-9-14-31-25(30)22-17(2)27-20-15-26(3,4)16-21(29)24(20)23(22)18-10-12-19(13-11-18)28(5)6/h10-13,23,27H,7-9,14-16H2,1-6H3/t23-/m0/s1. The number of carbonyl (C=O) groups is 2. The van der Waals surface area contributed by atoms with Crippen LogP contribution in [0.5, 0.6) is 0 Å². The van der Waals surface area contributed by atoms with Crippen LogP contribution in [0.2, 0.25) is 0 Å². The number of dihydropyridines is 1. The highest BCUT2D eigenvalue weighted by Crippen LogP contribution is 2.46. The minimum atomic E-state index is -0.394. The fourth-order valence-corrected chi connectivity index (χ4v) is 4.60. The zero-order chi connectivity index (χ0) is 22.8.